The predicted molar refractivity (Wildman–Crippen MR) is 93.7 cm³/mol. The number of carbonyl (C=O) groups is 1. The number of anilines is 1. The largest absolute Gasteiger partial charge is 0.362 e. The van der Waals surface area contributed by atoms with Crippen LogP contribution in [0.4, 0.5) is 11.4 Å². The molecule has 0 saturated carbocycles. The Morgan fingerprint density at radius 2 is 2.04 bits per heavy atom. The highest BCUT2D eigenvalue weighted by atomic mass is 32.2. The van der Waals surface area contributed by atoms with E-state index in [0.29, 0.717) is 42.8 Å². The van der Waals surface area contributed by atoms with Gasteiger partial charge in [-0.3, -0.25) is 20.0 Å². The molecule has 1 aliphatic rings. The summed E-state index contributed by atoms with van der Waals surface area (Å²) in [5.74, 6) is 1.02. The van der Waals surface area contributed by atoms with Crippen LogP contribution in [0.5, 0.6) is 0 Å². The van der Waals surface area contributed by atoms with Gasteiger partial charge in [0.25, 0.3) is 5.69 Å². The van der Waals surface area contributed by atoms with Crippen LogP contribution in [0.2, 0.25) is 0 Å². The van der Waals surface area contributed by atoms with Gasteiger partial charge in [-0.15, -0.1) is 5.10 Å². The van der Waals surface area contributed by atoms with E-state index in [4.69, 9.17) is 0 Å². The van der Waals surface area contributed by atoms with Crippen molar-refractivity contribution < 1.29 is 9.72 Å². The fourth-order valence-electron chi connectivity index (χ4n) is 2.69. The van der Waals surface area contributed by atoms with Crippen molar-refractivity contribution in [3.05, 3.63) is 40.2 Å². The van der Waals surface area contributed by atoms with E-state index in [1.807, 2.05) is 4.90 Å². The number of nitrogens with one attached hydrogen (secondary N) is 1. The lowest BCUT2D eigenvalue weighted by molar-refractivity contribution is -0.384. The summed E-state index contributed by atoms with van der Waals surface area (Å²) in [6.07, 6.45) is 0. The molecule has 1 fully saturated rings. The van der Waals surface area contributed by atoms with Crippen LogP contribution in [-0.4, -0.2) is 62.8 Å². The Morgan fingerprint density at radius 3 is 2.68 bits per heavy atom. The number of nitro groups is 1. The van der Waals surface area contributed by atoms with E-state index in [-0.39, 0.29) is 22.3 Å². The molecule has 132 valence electrons. The van der Waals surface area contributed by atoms with Gasteiger partial charge < -0.3 is 9.80 Å². The molecule has 0 bridgehead atoms. The number of H-pyrrole nitrogens is 1. The van der Waals surface area contributed by atoms with E-state index in [1.54, 1.807) is 30.0 Å². The quantitative estimate of drug-likeness (QED) is 0.487. The second-order valence-electron chi connectivity index (χ2n) is 5.61. The Labute approximate surface area is 148 Å². The third kappa shape index (κ3) is 4.08. The van der Waals surface area contributed by atoms with Gasteiger partial charge in [-0.2, -0.15) is 0 Å². The van der Waals surface area contributed by atoms with E-state index in [0.717, 1.165) is 0 Å². The number of piperazine rings is 1. The Morgan fingerprint density at radius 1 is 1.32 bits per heavy atom. The maximum atomic E-state index is 12.3. The number of carbonyl (C=O) groups excluding carboxylic acids is 1. The smallest absolute Gasteiger partial charge is 0.292 e. The van der Waals surface area contributed by atoms with Gasteiger partial charge in [0.05, 0.1) is 10.7 Å². The van der Waals surface area contributed by atoms with Crippen molar-refractivity contribution >= 4 is 29.0 Å². The maximum Gasteiger partial charge on any atom is 0.292 e. The first-order valence-corrected chi connectivity index (χ1v) is 8.81. The van der Waals surface area contributed by atoms with Crippen LogP contribution in [0.25, 0.3) is 0 Å². The Hall–Kier alpha value is -2.62. The van der Waals surface area contributed by atoms with Crippen molar-refractivity contribution in [1.29, 1.82) is 0 Å². The topological polar surface area (TPSA) is 108 Å². The number of aryl methyl sites for hydroxylation is 1. The molecule has 25 heavy (non-hydrogen) atoms. The number of amides is 1. The summed E-state index contributed by atoms with van der Waals surface area (Å²) < 4.78 is 0. The minimum Gasteiger partial charge on any atom is -0.362 e. The lowest BCUT2D eigenvalue weighted by Gasteiger charge is -2.35. The lowest BCUT2D eigenvalue weighted by Crippen LogP contribution is -2.49. The minimum atomic E-state index is -0.373. The van der Waals surface area contributed by atoms with E-state index in [2.05, 4.69) is 15.2 Å². The van der Waals surface area contributed by atoms with Crippen LogP contribution in [-0.2, 0) is 4.79 Å². The summed E-state index contributed by atoms with van der Waals surface area (Å²) in [4.78, 5) is 31.0. The van der Waals surface area contributed by atoms with E-state index in [1.165, 1.54) is 17.8 Å². The third-order valence-electron chi connectivity index (χ3n) is 3.95. The van der Waals surface area contributed by atoms with E-state index in [9.17, 15) is 14.9 Å². The molecule has 2 aromatic rings. The highest BCUT2D eigenvalue weighted by Gasteiger charge is 2.25. The van der Waals surface area contributed by atoms with Gasteiger partial charge in [0.2, 0.25) is 11.1 Å². The molecule has 0 unspecified atom stereocenters. The second-order valence-corrected chi connectivity index (χ2v) is 6.55. The fourth-order valence-corrected chi connectivity index (χ4v) is 3.43. The third-order valence-corrected chi connectivity index (χ3v) is 4.78. The van der Waals surface area contributed by atoms with Crippen LogP contribution in [0.1, 0.15) is 5.82 Å². The molecule has 9 nitrogen and oxygen atoms in total. The van der Waals surface area contributed by atoms with Gasteiger partial charge >= 0.3 is 0 Å². The molecular formula is C15H18N6O3S. The monoisotopic (exact) mass is 362 g/mol. The molecule has 1 amide bonds. The molecule has 0 radical (unpaired) electrons. The zero-order chi connectivity index (χ0) is 17.8. The number of rotatable bonds is 5. The van der Waals surface area contributed by atoms with E-state index < -0.39 is 0 Å². The van der Waals surface area contributed by atoms with Gasteiger partial charge in [-0.1, -0.05) is 23.9 Å². The molecule has 3 rings (SSSR count). The number of nitrogens with zero attached hydrogens (tertiary/aromatic N) is 5. The van der Waals surface area contributed by atoms with Gasteiger partial charge in [0, 0.05) is 32.2 Å². The van der Waals surface area contributed by atoms with Crippen molar-refractivity contribution in [2.45, 2.75) is 12.1 Å². The lowest BCUT2D eigenvalue weighted by atomic mass is 10.2. The summed E-state index contributed by atoms with van der Waals surface area (Å²) in [7, 11) is 0. The van der Waals surface area contributed by atoms with Crippen molar-refractivity contribution in [3.63, 3.8) is 0 Å². The highest BCUT2D eigenvalue weighted by Crippen LogP contribution is 2.28. The van der Waals surface area contributed by atoms with Crippen molar-refractivity contribution in [3.8, 4) is 0 Å². The molecule has 1 saturated heterocycles. The first kappa shape index (κ1) is 17.2. The number of benzene rings is 1. The maximum absolute atomic E-state index is 12.3. The van der Waals surface area contributed by atoms with Gasteiger partial charge in [0.1, 0.15) is 11.5 Å². The van der Waals surface area contributed by atoms with Crippen LogP contribution in [0.3, 0.4) is 0 Å². The van der Waals surface area contributed by atoms with Gasteiger partial charge in [-0.05, 0) is 13.0 Å². The molecule has 0 spiro atoms. The predicted octanol–water partition coefficient (Wildman–Crippen LogP) is 1.46. The summed E-state index contributed by atoms with van der Waals surface area (Å²) in [6, 6.07) is 6.69. The summed E-state index contributed by atoms with van der Waals surface area (Å²) in [6.45, 7) is 4.03. The molecule has 1 aromatic heterocycles. The van der Waals surface area contributed by atoms with Crippen LogP contribution in [0, 0.1) is 17.0 Å². The second kappa shape index (κ2) is 7.51. The summed E-state index contributed by atoms with van der Waals surface area (Å²) in [5.41, 5.74) is 0.697. The Bertz CT molecular complexity index is 772. The molecule has 1 aromatic carbocycles. The van der Waals surface area contributed by atoms with Gasteiger partial charge in [-0.25, -0.2) is 4.98 Å². The first-order valence-electron chi connectivity index (χ1n) is 7.82. The first-order chi connectivity index (χ1) is 12.0. The van der Waals surface area contributed by atoms with E-state index >= 15 is 0 Å². The standard InChI is InChI=1S/C15H18N6O3S/c1-11-16-15(18-17-11)25-10-14(22)20-8-6-19(7-9-20)12-4-2-3-5-13(12)21(23)24/h2-5H,6-10H2,1H3,(H,16,17,18). The van der Waals surface area contributed by atoms with Gasteiger partial charge in [0.15, 0.2) is 0 Å². The van der Waals surface area contributed by atoms with Crippen molar-refractivity contribution in [1.82, 2.24) is 20.1 Å². The fraction of sp³-hybridized carbons (Fsp3) is 0.400. The Balaban J connectivity index is 1.55. The summed E-state index contributed by atoms with van der Waals surface area (Å²) >= 11 is 1.30. The minimum absolute atomic E-state index is 0.0228. The highest BCUT2D eigenvalue weighted by molar-refractivity contribution is 7.99. The van der Waals surface area contributed by atoms with Crippen LogP contribution >= 0.6 is 11.8 Å². The SMILES string of the molecule is Cc1nc(SCC(=O)N2CCN(c3ccccc3[N+](=O)[O-])CC2)n[nH]1. The molecule has 0 aliphatic carbocycles. The van der Waals surface area contributed by atoms with Crippen molar-refractivity contribution in [2.24, 2.45) is 0 Å². The van der Waals surface area contributed by atoms with Crippen LogP contribution in [0.15, 0.2) is 29.4 Å². The number of thioether (sulfide) groups is 1. The number of para-hydroxylation sites is 2. The zero-order valence-electron chi connectivity index (χ0n) is 13.7. The normalized spacial score (nSPS) is 14.6. The number of aromatic amines is 1. The number of hydrogen-bond acceptors (Lipinski definition) is 7. The molecule has 2 heterocycles. The molecule has 1 N–H and O–H groups in total. The molecule has 10 heteroatoms. The Kier molecular flexibility index (Phi) is 5.17. The zero-order valence-corrected chi connectivity index (χ0v) is 14.5. The molecule has 0 atom stereocenters. The molecular weight excluding hydrogens is 344 g/mol. The molecule has 1 aliphatic heterocycles. The average Bonchev–Trinajstić information content (AvgIpc) is 3.05. The van der Waals surface area contributed by atoms with Crippen molar-refractivity contribution in [2.75, 3.05) is 36.8 Å². The van der Waals surface area contributed by atoms with Crippen LogP contribution < -0.4 is 4.90 Å². The average molecular weight is 362 g/mol. The number of hydrogen-bond donors (Lipinski definition) is 1. The number of aromatic nitrogens is 3. The summed E-state index contributed by atoms with van der Waals surface area (Å²) in [5, 5.41) is 18.5. The number of nitro benzene ring substituents is 1.